The second-order valence-corrected chi connectivity index (χ2v) is 3.32. The van der Waals surface area contributed by atoms with Crippen molar-refractivity contribution >= 4 is 5.84 Å². The highest BCUT2D eigenvalue weighted by atomic mass is 19.4. The highest BCUT2D eigenvalue weighted by Crippen LogP contribution is 2.27. The zero-order chi connectivity index (χ0) is 13.1. The Morgan fingerprint density at radius 1 is 1.41 bits per heavy atom. The van der Waals surface area contributed by atoms with E-state index in [0.29, 0.717) is 0 Å². The fourth-order valence-electron chi connectivity index (χ4n) is 1.10. The van der Waals surface area contributed by atoms with Crippen molar-refractivity contribution in [2.75, 3.05) is 6.61 Å². The van der Waals surface area contributed by atoms with Gasteiger partial charge in [0.15, 0.2) is 0 Å². The third kappa shape index (κ3) is 3.93. The van der Waals surface area contributed by atoms with E-state index in [1.807, 2.05) is 0 Å². The number of amidine groups is 1. The minimum Gasteiger partial charge on any atom is -0.492 e. The summed E-state index contributed by atoms with van der Waals surface area (Å²) in [7, 11) is 0. The van der Waals surface area contributed by atoms with E-state index >= 15 is 0 Å². The van der Waals surface area contributed by atoms with Gasteiger partial charge in [0.05, 0.1) is 0 Å². The second-order valence-electron chi connectivity index (χ2n) is 3.32. The summed E-state index contributed by atoms with van der Waals surface area (Å²) in [5.41, 5.74) is 4.83. The van der Waals surface area contributed by atoms with E-state index in [4.69, 9.17) is 15.9 Å². The number of nitrogens with two attached hydrogens (primary N) is 1. The normalized spacial score (nSPS) is 13.2. The maximum absolute atomic E-state index is 12.7. The SMILES string of the molecule is N=C(N)C(COc1cccc(F)c1)C(F)(F)F. The molecule has 7 heteroatoms. The van der Waals surface area contributed by atoms with Crippen LogP contribution >= 0.6 is 0 Å². The number of nitrogens with one attached hydrogen (secondary N) is 1. The summed E-state index contributed by atoms with van der Waals surface area (Å²) in [6.07, 6.45) is -4.65. The van der Waals surface area contributed by atoms with Gasteiger partial charge in [-0.15, -0.1) is 0 Å². The van der Waals surface area contributed by atoms with Gasteiger partial charge in [0.25, 0.3) is 0 Å². The first-order chi connectivity index (χ1) is 7.80. The Kier molecular flexibility index (Phi) is 3.93. The van der Waals surface area contributed by atoms with Gasteiger partial charge in [0, 0.05) is 6.07 Å². The fraction of sp³-hybridized carbons (Fsp3) is 0.300. The van der Waals surface area contributed by atoms with Crippen LogP contribution in [0.25, 0.3) is 0 Å². The standard InChI is InChI=1S/C10H10F4N2O/c11-6-2-1-3-7(4-6)17-5-8(9(15)16)10(12,13)14/h1-4,8H,5H2,(H3,15,16). The van der Waals surface area contributed by atoms with Crippen molar-refractivity contribution in [1.82, 2.24) is 0 Å². The number of halogens is 4. The van der Waals surface area contributed by atoms with Crippen LogP contribution in [0.3, 0.4) is 0 Å². The van der Waals surface area contributed by atoms with Gasteiger partial charge in [0.2, 0.25) is 0 Å². The zero-order valence-electron chi connectivity index (χ0n) is 8.59. The summed E-state index contributed by atoms with van der Waals surface area (Å²) in [4.78, 5) is 0. The van der Waals surface area contributed by atoms with Crippen molar-refractivity contribution in [2.24, 2.45) is 11.7 Å². The van der Waals surface area contributed by atoms with Crippen LogP contribution in [-0.2, 0) is 0 Å². The van der Waals surface area contributed by atoms with E-state index in [-0.39, 0.29) is 5.75 Å². The van der Waals surface area contributed by atoms with Crippen LogP contribution in [0, 0.1) is 17.1 Å². The predicted octanol–water partition coefficient (Wildman–Crippen LogP) is 2.32. The van der Waals surface area contributed by atoms with Crippen LogP contribution in [0.15, 0.2) is 24.3 Å². The number of ether oxygens (including phenoxy) is 1. The van der Waals surface area contributed by atoms with Crippen LogP contribution in [-0.4, -0.2) is 18.6 Å². The molecule has 0 aliphatic heterocycles. The summed E-state index contributed by atoms with van der Waals surface area (Å²) < 4.78 is 54.6. The molecule has 0 radical (unpaired) electrons. The first-order valence-electron chi connectivity index (χ1n) is 4.59. The molecule has 0 amide bonds. The molecule has 17 heavy (non-hydrogen) atoms. The third-order valence-electron chi connectivity index (χ3n) is 1.98. The molecule has 0 heterocycles. The summed E-state index contributed by atoms with van der Waals surface area (Å²) in [5.74, 6) is -3.88. The summed E-state index contributed by atoms with van der Waals surface area (Å²) >= 11 is 0. The van der Waals surface area contributed by atoms with Crippen LogP contribution < -0.4 is 10.5 Å². The number of benzene rings is 1. The first-order valence-corrected chi connectivity index (χ1v) is 4.59. The van der Waals surface area contributed by atoms with Crippen LogP contribution in [0.4, 0.5) is 17.6 Å². The van der Waals surface area contributed by atoms with E-state index in [1.165, 1.54) is 12.1 Å². The van der Waals surface area contributed by atoms with Crippen LogP contribution in [0.2, 0.25) is 0 Å². The van der Waals surface area contributed by atoms with E-state index in [2.05, 4.69) is 0 Å². The molecule has 0 bridgehead atoms. The molecular formula is C10H10F4N2O. The third-order valence-corrected chi connectivity index (χ3v) is 1.98. The highest BCUT2D eigenvalue weighted by Gasteiger charge is 2.42. The molecule has 0 aliphatic carbocycles. The topological polar surface area (TPSA) is 59.1 Å². The molecule has 1 aromatic rings. The highest BCUT2D eigenvalue weighted by molar-refractivity contribution is 5.80. The Morgan fingerprint density at radius 2 is 2.06 bits per heavy atom. The lowest BCUT2D eigenvalue weighted by atomic mass is 10.1. The molecule has 0 aliphatic rings. The molecule has 0 aromatic heterocycles. The van der Waals surface area contributed by atoms with Gasteiger partial charge in [0.1, 0.15) is 29.9 Å². The lowest BCUT2D eigenvalue weighted by Gasteiger charge is -2.19. The number of alkyl halides is 3. The number of hydrogen-bond acceptors (Lipinski definition) is 2. The van der Waals surface area contributed by atoms with Gasteiger partial charge in [-0.1, -0.05) is 6.07 Å². The van der Waals surface area contributed by atoms with Crippen molar-refractivity contribution in [2.45, 2.75) is 6.18 Å². The Morgan fingerprint density at radius 3 is 2.53 bits per heavy atom. The lowest BCUT2D eigenvalue weighted by Crippen LogP contribution is -2.39. The lowest BCUT2D eigenvalue weighted by molar-refractivity contribution is -0.162. The smallest absolute Gasteiger partial charge is 0.401 e. The molecule has 3 nitrogen and oxygen atoms in total. The second kappa shape index (κ2) is 5.03. The Hall–Kier alpha value is -1.79. The van der Waals surface area contributed by atoms with Gasteiger partial charge in [-0.3, -0.25) is 5.41 Å². The molecule has 1 rings (SSSR count). The molecular weight excluding hydrogens is 240 g/mol. The van der Waals surface area contributed by atoms with Crippen LogP contribution in [0.1, 0.15) is 0 Å². The Bertz CT molecular complexity index is 406. The minimum absolute atomic E-state index is 0.0412. The summed E-state index contributed by atoms with van der Waals surface area (Å²) in [6, 6.07) is 4.71. The van der Waals surface area contributed by atoms with Crippen molar-refractivity contribution in [1.29, 1.82) is 5.41 Å². The molecule has 1 atom stereocenters. The monoisotopic (exact) mass is 250 g/mol. The van der Waals surface area contributed by atoms with E-state index in [0.717, 1.165) is 12.1 Å². The van der Waals surface area contributed by atoms with E-state index in [1.54, 1.807) is 0 Å². The van der Waals surface area contributed by atoms with Gasteiger partial charge in [-0.25, -0.2) is 4.39 Å². The summed E-state index contributed by atoms with van der Waals surface area (Å²) in [5, 5.41) is 6.82. The molecule has 0 fully saturated rings. The average Bonchev–Trinajstić information content (AvgIpc) is 2.15. The zero-order valence-corrected chi connectivity index (χ0v) is 8.59. The first kappa shape index (κ1) is 13.3. The summed E-state index contributed by atoms with van der Waals surface area (Å²) in [6.45, 7) is -0.845. The molecule has 0 saturated heterocycles. The van der Waals surface area contributed by atoms with E-state index < -0.39 is 30.4 Å². The molecule has 0 spiro atoms. The minimum atomic E-state index is -4.65. The van der Waals surface area contributed by atoms with Gasteiger partial charge in [-0.2, -0.15) is 13.2 Å². The fourth-order valence-corrected chi connectivity index (χ4v) is 1.10. The molecule has 1 unspecified atom stereocenters. The largest absolute Gasteiger partial charge is 0.492 e. The molecule has 0 saturated carbocycles. The Balaban J connectivity index is 2.68. The predicted molar refractivity (Wildman–Crippen MR) is 53.4 cm³/mol. The average molecular weight is 250 g/mol. The van der Waals surface area contributed by atoms with Crippen molar-refractivity contribution in [3.05, 3.63) is 30.1 Å². The Labute approximate surface area is 94.7 Å². The molecule has 94 valence electrons. The quantitative estimate of drug-likeness (QED) is 0.489. The van der Waals surface area contributed by atoms with E-state index in [9.17, 15) is 17.6 Å². The van der Waals surface area contributed by atoms with Gasteiger partial charge >= 0.3 is 6.18 Å². The van der Waals surface area contributed by atoms with Crippen molar-refractivity contribution < 1.29 is 22.3 Å². The molecule has 1 aromatic carbocycles. The maximum Gasteiger partial charge on any atom is 0.401 e. The van der Waals surface area contributed by atoms with Crippen molar-refractivity contribution in [3.63, 3.8) is 0 Å². The van der Waals surface area contributed by atoms with Crippen LogP contribution in [0.5, 0.6) is 5.75 Å². The maximum atomic E-state index is 12.7. The molecule has 3 N–H and O–H groups in total. The van der Waals surface area contributed by atoms with Crippen molar-refractivity contribution in [3.8, 4) is 5.75 Å². The number of hydrogen-bond donors (Lipinski definition) is 2. The number of rotatable bonds is 4. The van der Waals surface area contributed by atoms with Gasteiger partial charge < -0.3 is 10.5 Å². The van der Waals surface area contributed by atoms with Gasteiger partial charge in [-0.05, 0) is 12.1 Å².